The first-order chi connectivity index (χ1) is 7.13. The number of aromatic nitrogens is 1. The van der Waals surface area contributed by atoms with Crippen LogP contribution in [0.2, 0.25) is 0 Å². The highest BCUT2D eigenvalue weighted by Crippen LogP contribution is 2.18. The van der Waals surface area contributed by atoms with Gasteiger partial charge < -0.3 is 10.6 Å². The predicted octanol–water partition coefficient (Wildman–Crippen LogP) is 1.32. The molecule has 5 nitrogen and oxygen atoms in total. The highest BCUT2D eigenvalue weighted by molar-refractivity contribution is 7.17. The van der Waals surface area contributed by atoms with Crippen molar-refractivity contribution in [2.75, 3.05) is 18.9 Å². The molecule has 16 heavy (non-hydrogen) atoms. The number of Topliss-reactive ketones (excluding diaryl/α,β-unsaturated/α-hetero) is 1. The van der Waals surface area contributed by atoms with Crippen molar-refractivity contribution in [2.45, 2.75) is 13.3 Å². The molecule has 0 radical (unpaired) electrons. The number of nitrogens with zero attached hydrogens (tertiary/aromatic N) is 1. The fourth-order valence-corrected chi connectivity index (χ4v) is 1.64. The first-order valence-corrected chi connectivity index (χ1v) is 5.36. The number of amides is 1. The van der Waals surface area contributed by atoms with E-state index in [0.29, 0.717) is 23.0 Å². The molecule has 1 aromatic heterocycles. The topological polar surface area (TPSA) is 71.1 Å². The summed E-state index contributed by atoms with van der Waals surface area (Å²) in [6.07, 6.45) is 1.87. The predicted molar refractivity (Wildman–Crippen MR) is 66.5 cm³/mol. The van der Waals surface area contributed by atoms with Crippen LogP contribution in [0.15, 0.2) is 6.20 Å². The van der Waals surface area contributed by atoms with Crippen LogP contribution in [-0.4, -0.2) is 30.3 Å². The van der Waals surface area contributed by atoms with Gasteiger partial charge in [-0.25, -0.2) is 4.98 Å². The molecule has 0 fully saturated rings. The number of hydrogen-bond acceptors (Lipinski definition) is 5. The molecule has 0 saturated carbocycles. The lowest BCUT2D eigenvalue weighted by molar-refractivity contribution is -0.116. The molecule has 1 amide bonds. The third-order valence-corrected chi connectivity index (χ3v) is 2.71. The Hall–Kier alpha value is -0.980. The van der Waals surface area contributed by atoms with Crippen LogP contribution in [0.5, 0.6) is 0 Å². The van der Waals surface area contributed by atoms with Gasteiger partial charge in [-0.15, -0.1) is 12.4 Å². The summed E-state index contributed by atoms with van der Waals surface area (Å²) in [5.74, 6) is -0.142. The van der Waals surface area contributed by atoms with E-state index >= 15 is 0 Å². The standard InChI is InChI=1S/C9H13N3O2S.ClH/c1-6(13)7-5-11-9(15-7)12-8(14)3-4-10-2;/h5,10H,3-4H2,1-2H3,(H,11,12,14);1H. The summed E-state index contributed by atoms with van der Waals surface area (Å²) in [6.45, 7) is 2.09. The number of carbonyl (C=O) groups is 2. The first-order valence-electron chi connectivity index (χ1n) is 4.54. The Bertz CT molecular complexity index is 367. The summed E-state index contributed by atoms with van der Waals surface area (Å²) in [6, 6.07) is 0. The van der Waals surface area contributed by atoms with Gasteiger partial charge in [0.25, 0.3) is 0 Å². The average Bonchev–Trinajstić information content (AvgIpc) is 2.63. The molecule has 1 rings (SSSR count). The van der Waals surface area contributed by atoms with Crippen molar-refractivity contribution in [3.63, 3.8) is 0 Å². The van der Waals surface area contributed by atoms with Gasteiger partial charge in [0.05, 0.1) is 11.1 Å². The monoisotopic (exact) mass is 263 g/mol. The van der Waals surface area contributed by atoms with Crippen molar-refractivity contribution in [3.05, 3.63) is 11.1 Å². The maximum absolute atomic E-state index is 11.3. The highest BCUT2D eigenvalue weighted by atomic mass is 35.5. The zero-order valence-electron chi connectivity index (χ0n) is 9.07. The lowest BCUT2D eigenvalue weighted by atomic mass is 10.4. The van der Waals surface area contributed by atoms with Crippen LogP contribution < -0.4 is 10.6 Å². The second-order valence-corrected chi connectivity index (χ2v) is 4.02. The van der Waals surface area contributed by atoms with Crippen LogP contribution in [-0.2, 0) is 4.79 Å². The fraction of sp³-hybridized carbons (Fsp3) is 0.444. The summed E-state index contributed by atoms with van der Waals surface area (Å²) < 4.78 is 0. The molecular weight excluding hydrogens is 250 g/mol. The Balaban J connectivity index is 0.00000225. The van der Waals surface area contributed by atoms with Crippen molar-refractivity contribution in [2.24, 2.45) is 0 Å². The van der Waals surface area contributed by atoms with Crippen LogP contribution in [0, 0.1) is 0 Å². The molecule has 0 atom stereocenters. The molecule has 90 valence electrons. The second-order valence-electron chi connectivity index (χ2n) is 2.99. The van der Waals surface area contributed by atoms with Gasteiger partial charge in [-0.1, -0.05) is 11.3 Å². The molecule has 0 bridgehead atoms. The van der Waals surface area contributed by atoms with Crippen LogP contribution in [0.1, 0.15) is 23.0 Å². The Morgan fingerprint density at radius 2 is 2.19 bits per heavy atom. The molecule has 0 aliphatic carbocycles. The van der Waals surface area contributed by atoms with Crippen molar-refractivity contribution in [1.29, 1.82) is 0 Å². The van der Waals surface area contributed by atoms with E-state index in [-0.39, 0.29) is 24.1 Å². The van der Waals surface area contributed by atoms with Crippen molar-refractivity contribution >= 4 is 40.6 Å². The average molecular weight is 264 g/mol. The van der Waals surface area contributed by atoms with Crippen LogP contribution in [0.3, 0.4) is 0 Å². The number of hydrogen-bond donors (Lipinski definition) is 2. The Labute approximate surface area is 104 Å². The van der Waals surface area contributed by atoms with E-state index in [1.807, 2.05) is 0 Å². The first kappa shape index (κ1) is 15.0. The highest BCUT2D eigenvalue weighted by Gasteiger charge is 2.08. The lowest BCUT2D eigenvalue weighted by Gasteiger charge is -1.99. The zero-order chi connectivity index (χ0) is 11.3. The molecule has 7 heteroatoms. The van der Waals surface area contributed by atoms with E-state index in [1.165, 1.54) is 24.5 Å². The van der Waals surface area contributed by atoms with Gasteiger partial charge in [-0.2, -0.15) is 0 Å². The zero-order valence-corrected chi connectivity index (χ0v) is 10.7. The van der Waals surface area contributed by atoms with E-state index < -0.39 is 0 Å². The fourth-order valence-electron chi connectivity index (χ4n) is 0.915. The molecule has 1 heterocycles. The second kappa shape index (κ2) is 7.32. The molecule has 0 saturated heterocycles. The number of thiazole rings is 1. The Kier molecular flexibility index (Phi) is 6.87. The minimum atomic E-state index is -0.103. The Morgan fingerprint density at radius 1 is 1.50 bits per heavy atom. The van der Waals surface area contributed by atoms with Gasteiger partial charge in [-0.3, -0.25) is 9.59 Å². The summed E-state index contributed by atoms with van der Waals surface area (Å²) in [5.41, 5.74) is 0. The van der Waals surface area contributed by atoms with E-state index in [9.17, 15) is 9.59 Å². The molecule has 0 aromatic carbocycles. The summed E-state index contributed by atoms with van der Waals surface area (Å²) in [5, 5.41) is 5.98. The number of nitrogens with one attached hydrogen (secondary N) is 2. The molecule has 0 unspecified atom stereocenters. The van der Waals surface area contributed by atoms with E-state index in [1.54, 1.807) is 7.05 Å². The van der Waals surface area contributed by atoms with Crippen LogP contribution >= 0.6 is 23.7 Å². The van der Waals surface area contributed by atoms with E-state index in [0.717, 1.165) is 0 Å². The van der Waals surface area contributed by atoms with Gasteiger partial charge in [0.1, 0.15) is 0 Å². The SMILES string of the molecule is CNCCC(=O)Nc1ncc(C(C)=O)s1.Cl. The van der Waals surface area contributed by atoms with E-state index in [4.69, 9.17) is 0 Å². The number of carbonyl (C=O) groups excluding carboxylic acids is 2. The van der Waals surface area contributed by atoms with Crippen LogP contribution in [0.4, 0.5) is 5.13 Å². The van der Waals surface area contributed by atoms with Gasteiger partial charge in [0.2, 0.25) is 5.91 Å². The lowest BCUT2D eigenvalue weighted by Crippen LogP contribution is -2.18. The molecule has 0 spiro atoms. The largest absolute Gasteiger partial charge is 0.319 e. The summed E-state index contributed by atoms with van der Waals surface area (Å²) in [4.78, 5) is 26.7. The third kappa shape index (κ3) is 4.69. The van der Waals surface area contributed by atoms with E-state index in [2.05, 4.69) is 15.6 Å². The maximum Gasteiger partial charge on any atom is 0.227 e. The minimum absolute atomic E-state index is 0. The number of rotatable bonds is 5. The van der Waals surface area contributed by atoms with Gasteiger partial charge in [0, 0.05) is 19.9 Å². The number of halogens is 1. The molecular formula is C9H14ClN3O2S. The minimum Gasteiger partial charge on any atom is -0.319 e. The third-order valence-electron chi connectivity index (χ3n) is 1.70. The van der Waals surface area contributed by atoms with Crippen molar-refractivity contribution in [3.8, 4) is 0 Å². The molecule has 1 aromatic rings. The van der Waals surface area contributed by atoms with Gasteiger partial charge in [0.15, 0.2) is 10.9 Å². The molecule has 2 N–H and O–H groups in total. The van der Waals surface area contributed by atoms with Gasteiger partial charge >= 0.3 is 0 Å². The normalized spacial score (nSPS) is 9.38. The molecule has 0 aliphatic rings. The summed E-state index contributed by atoms with van der Waals surface area (Å²) >= 11 is 1.19. The summed E-state index contributed by atoms with van der Waals surface area (Å²) in [7, 11) is 1.78. The van der Waals surface area contributed by atoms with Crippen molar-refractivity contribution < 1.29 is 9.59 Å². The van der Waals surface area contributed by atoms with Crippen molar-refractivity contribution in [1.82, 2.24) is 10.3 Å². The smallest absolute Gasteiger partial charge is 0.227 e. The van der Waals surface area contributed by atoms with Crippen LogP contribution in [0.25, 0.3) is 0 Å². The molecule has 0 aliphatic heterocycles. The maximum atomic E-state index is 11.3. The Morgan fingerprint density at radius 3 is 2.69 bits per heavy atom. The number of anilines is 1. The van der Waals surface area contributed by atoms with Gasteiger partial charge in [-0.05, 0) is 7.05 Å². The number of ketones is 1. The quantitative estimate of drug-likeness (QED) is 0.786.